The van der Waals surface area contributed by atoms with E-state index in [0.29, 0.717) is 5.56 Å². The molecule has 1 aliphatic rings. The molecule has 0 radical (unpaired) electrons. The second-order valence-corrected chi connectivity index (χ2v) is 5.01. The highest BCUT2D eigenvalue weighted by Gasteiger charge is 2.13. The first-order chi connectivity index (χ1) is 10.1. The van der Waals surface area contributed by atoms with Crippen LogP contribution < -0.4 is 10.6 Å². The molecule has 0 bridgehead atoms. The summed E-state index contributed by atoms with van der Waals surface area (Å²) >= 11 is 0. The van der Waals surface area contributed by atoms with Crippen LogP contribution in [0.1, 0.15) is 27.0 Å². The molecule has 0 aliphatic carbocycles. The molecule has 5 heteroatoms. The molecule has 1 aliphatic heterocycles. The average Bonchev–Trinajstić information content (AvgIpc) is 2.93. The van der Waals surface area contributed by atoms with Gasteiger partial charge in [-0.2, -0.15) is 0 Å². The zero-order valence-corrected chi connectivity index (χ0v) is 11.2. The molecule has 2 N–H and O–H groups in total. The van der Waals surface area contributed by atoms with Gasteiger partial charge in [-0.15, -0.1) is 0 Å². The zero-order valence-electron chi connectivity index (χ0n) is 11.2. The van der Waals surface area contributed by atoms with Gasteiger partial charge in [0.1, 0.15) is 11.6 Å². The van der Waals surface area contributed by atoms with Gasteiger partial charge in [-0.05, 0) is 29.3 Å². The molecule has 3 nitrogen and oxygen atoms in total. The average molecular weight is 288 g/mol. The molecule has 2 aromatic carbocycles. The summed E-state index contributed by atoms with van der Waals surface area (Å²) in [5.41, 5.74) is 3.10. The minimum absolute atomic E-state index is 0.0281. The Kier molecular flexibility index (Phi) is 3.66. The van der Waals surface area contributed by atoms with Crippen molar-refractivity contribution >= 4 is 5.91 Å². The lowest BCUT2D eigenvalue weighted by Gasteiger charge is -2.08. The van der Waals surface area contributed by atoms with Crippen molar-refractivity contribution < 1.29 is 13.6 Å². The molecule has 108 valence electrons. The number of hydrogen-bond donors (Lipinski definition) is 2. The van der Waals surface area contributed by atoms with Crippen LogP contribution in [0.15, 0.2) is 36.4 Å². The van der Waals surface area contributed by atoms with Gasteiger partial charge in [0.2, 0.25) is 0 Å². The highest BCUT2D eigenvalue weighted by Crippen LogP contribution is 2.17. The number of fused-ring (bicyclic) bond motifs is 1. The van der Waals surface area contributed by atoms with E-state index in [1.54, 1.807) is 6.07 Å². The molecule has 2 aromatic rings. The zero-order chi connectivity index (χ0) is 14.8. The van der Waals surface area contributed by atoms with E-state index in [9.17, 15) is 13.6 Å². The summed E-state index contributed by atoms with van der Waals surface area (Å²) in [6, 6.07) is 8.82. The Morgan fingerprint density at radius 1 is 1.10 bits per heavy atom. The fourth-order valence-corrected chi connectivity index (χ4v) is 2.38. The Morgan fingerprint density at radius 2 is 1.90 bits per heavy atom. The van der Waals surface area contributed by atoms with Crippen LogP contribution in [0, 0.1) is 11.6 Å². The van der Waals surface area contributed by atoms with E-state index in [1.165, 1.54) is 17.7 Å². The molecule has 0 fully saturated rings. The summed E-state index contributed by atoms with van der Waals surface area (Å²) in [6.07, 6.45) is 0. The van der Waals surface area contributed by atoms with Crippen LogP contribution in [0.4, 0.5) is 8.78 Å². The smallest absolute Gasteiger partial charge is 0.251 e. The Bertz CT molecular complexity index is 701. The SMILES string of the molecule is O=C(NCc1ccc(F)cc1F)c1ccc2c(c1)CNC2. The van der Waals surface area contributed by atoms with Crippen LogP contribution in [0.5, 0.6) is 0 Å². The quantitative estimate of drug-likeness (QED) is 0.911. The van der Waals surface area contributed by atoms with Crippen LogP contribution in [-0.4, -0.2) is 5.91 Å². The van der Waals surface area contributed by atoms with Gasteiger partial charge in [-0.25, -0.2) is 8.78 Å². The topological polar surface area (TPSA) is 41.1 Å². The van der Waals surface area contributed by atoms with Crippen molar-refractivity contribution in [2.75, 3.05) is 0 Å². The van der Waals surface area contributed by atoms with Crippen LogP contribution in [-0.2, 0) is 19.6 Å². The van der Waals surface area contributed by atoms with Gasteiger partial charge >= 0.3 is 0 Å². The Balaban J connectivity index is 1.69. The third-order valence-electron chi connectivity index (χ3n) is 3.55. The minimum atomic E-state index is -0.659. The number of amides is 1. The molecule has 0 spiro atoms. The maximum atomic E-state index is 13.5. The predicted molar refractivity (Wildman–Crippen MR) is 74.5 cm³/mol. The summed E-state index contributed by atoms with van der Waals surface area (Å²) in [6.45, 7) is 1.60. The van der Waals surface area contributed by atoms with Gasteiger partial charge in [0.15, 0.2) is 0 Å². The lowest BCUT2D eigenvalue weighted by molar-refractivity contribution is 0.0950. The molecule has 0 unspecified atom stereocenters. The normalized spacial score (nSPS) is 13.0. The molecule has 0 saturated heterocycles. The fourth-order valence-electron chi connectivity index (χ4n) is 2.38. The highest BCUT2D eigenvalue weighted by molar-refractivity contribution is 5.94. The molecule has 1 amide bonds. The van der Waals surface area contributed by atoms with Crippen molar-refractivity contribution in [1.82, 2.24) is 10.6 Å². The largest absolute Gasteiger partial charge is 0.348 e. The molecule has 0 aromatic heterocycles. The lowest BCUT2D eigenvalue weighted by atomic mass is 10.1. The summed E-state index contributed by atoms with van der Waals surface area (Å²) in [7, 11) is 0. The summed E-state index contributed by atoms with van der Waals surface area (Å²) in [5, 5.41) is 5.85. The number of rotatable bonds is 3. The second-order valence-electron chi connectivity index (χ2n) is 5.01. The van der Waals surface area contributed by atoms with E-state index in [0.717, 1.165) is 24.7 Å². The van der Waals surface area contributed by atoms with Gasteiger partial charge in [-0.1, -0.05) is 12.1 Å². The number of benzene rings is 2. The molecular weight excluding hydrogens is 274 g/mol. The van der Waals surface area contributed by atoms with Crippen LogP contribution >= 0.6 is 0 Å². The number of hydrogen-bond acceptors (Lipinski definition) is 2. The molecular formula is C16H14F2N2O. The highest BCUT2D eigenvalue weighted by atomic mass is 19.1. The van der Waals surface area contributed by atoms with E-state index < -0.39 is 11.6 Å². The van der Waals surface area contributed by atoms with Crippen molar-refractivity contribution in [3.63, 3.8) is 0 Å². The van der Waals surface area contributed by atoms with Crippen LogP contribution in [0.25, 0.3) is 0 Å². The number of halogens is 2. The maximum absolute atomic E-state index is 13.5. The van der Waals surface area contributed by atoms with Crippen molar-refractivity contribution in [2.24, 2.45) is 0 Å². The van der Waals surface area contributed by atoms with Gasteiger partial charge in [0, 0.05) is 36.8 Å². The third kappa shape index (κ3) is 2.92. The molecule has 1 heterocycles. The van der Waals surface area contributed by atoms with Gasteiger partial charge in [-0.3, -0.25) is 4.79 Å². The van der Waals surface area contributed by atoms with Crippen LogP contribution in [0.2, 0.25) is 0 Å². The predicted octanol–water partition coefficient (Wildman–Crippen LogP) is 2.50. The number of nitrogens with one attached hydrogen (secondary N) is 2. The molecule has 21 heavy (non-hydrogen) atoms. The number of carbonyl (C=O) groups excluding carboxylic acids is 1. The number of carbonyl (C=O) groups is 1. The first-order valence-corrected chi connectivity index (χ1v) is 6.68. The third-order valence-corrected chi connectivity index (χ3v) is 3.55. The van der Waals surface area contributed by atoms with Gasteiger partial charge in [0.25, 0.3) is 5.91 Å². The first kappa shape index (κ1) is 13.7. The standard InChI is InChI=1S/C16H14F2N2O/c17-14-4-3-12(15(18)6-14)9-20-16(21)10-1-2-11-7-19-8-13(11)5-10/h1-6,19H,7-9H2,(H,20,21). The molecule has 3 rings (SSSR count). The van der Waals surface area contributed by atoms with Crippen molar-refractivity contribution in [3.8, 4) is 0 Å². The van der Waals surface area contributed by atoms with Crippen LogP contribution in [0.3, 0.4) is 0 Å². The minimum Gasteiger partial charge on any atom is -0.348 e. The maximum Gasteiger partial charge on any atom is 0.251 e. The Labute approximate surface area is 121 Å². The van der Waals surface area contributed by atoms with Gasteiger partial charge < -0.3 is 10.6 Å². The van der Waals surface area contributed by atoms with E-state index in [-0.39, 0.29) is 18.0 Å². The van der Waals surface area contributed by atoms with E-state index in [1.807, 2.05) is 12.1 Å². The van der Waals surface area contributed by atoms with E-state index >= 15 is 0 Å². The van der Waals surface area contributed by atoms with Crippen molar-refractivity contribution in [3.05, 3.63) is 70.3 Å². The fraction of sp³-hybridized carbons (Fsp3) is 0.188. The monoisotopic (exact) mass is 288 g/mol. The van der Waals surface area contributed by atoms with Crippen molar-refractivity contribution in [1.29, 1.82) is 0 Å². The summed E-state index contributed by atoms with van der Waals surface area (Å²) in [4.78, 5) is 12.1. The van der Waals surface area contributed by atoms with Gasteiger partial charge in [0.05, 0.1) is 0 Å². The molecule has 0 atom stereocenters. The summed E-state index contributed by atoms with van der Waals surface area (Å²) in [5.74, 6) is -1.56. The molecule has 0 saturated carbocycles. The lowest BCUT2D eigenvalue weighted by Crippen LogP contribution is -2.23. The first-order valence-electron chi connectivity index (χ1n) is 6.68. The van der Waals surface area contributed by atoms with Crippen molar-refractivity contribution in [2.45, 2.75) is 19.6 Å². The Hall–Kier alpha value is -2.27. The van der Waals surface area contributed by atoms with E-state index in [4.69, 9.17) is 0 Å². The Morgan fingerprint density at radius 3 is 2.71 bits per heavy atom. The summed E-state index contributed by atoms with van der Waals surface area (Å²) < 4.78 is 26.3. The van der Waals surface area contributed by atoms with E-state index in [2.05, 4.69) is 10.6 Å². The second kappa shape index (κ2) is 5.61.